The molecule has 1 heterocycles. The first-order valence-corrected chi connectivity index (χ1v) is 8.96. The Morgan fingerprint density at radius 2 is 1.93 bits per heavy atom. The summed E-state index contributed by atoms with van der Waals surface area (Å²) in [5.41, 5.74) is 2.52. The van der Waals surface area contributed by atoms with E-state index in [0.717, 1.165) is 5.56 Å². The second-order valence-electron chi connectivity index (χ2n) is 6.86. The van der Waals surface area contributed by atoms with Crippen LogP contribution in [0.2, 0.25) is 0 Å². The van der Waals surface area contributed by atoms with Gasteiger partial charge in [-0.15, -0.1) is 0 Å². The predicted molar refractivity (Wildman–Crippen MR) is 105 cm³/mol. The van der Waals surface area contributed by atoms with Crippen LogP contribution in [0.1, 0.15) is 34.8 Å². The number of phenols is 1. The topological polar surface area (TPSA) is 95.9 Å². The molecule has 2 aromatic carbocycles. The number of hydrogen-bond donors (Lipinski definition) is 2. The fraction of sp³-hybridized carbons (Fsp3) is 0.286. The molecule has 0 spiro atoms. The number of nitrogens with zero attached hydrogens (tertiary/aromatic N) is 1. The van der Waals surface area contributed by atoms with Gasteiger partial charge in [-0.05, 0) is 50.1 Å². The van der Waals surface area contributed by atoms with E-state index in [4.69, 9.17) is 4.74 Å². The Balaban J connectivity index is 1.78. The van der Waals surface area contributed by atoms with E-state index in [1.807, 2.05) is 6.92 Å². The molecule has 0 saturated heterocycles. The average Bonchev–Trinajstić information content (AvgIpc) is 2.78. The van der Waals surface area contributed by atoms with E-state index >= 15 is 0 Å². The van der Waals surface area contributed by atoms with Crippen molar-refractivity contribution in [3.63, 3.8) is 0 Å². The zero-order valence-electron chi connectivity index (χ0n) is 16.0. The van der Waals surface area contributed by atoms with E-state index in [0.29, 0.717) is 16.9 Å². The number of phenolic OH excluding ortho intramolecular Hbond substituents is 1. The molecule has 0 bridgehead atoms. The lowest BCUT2D eigenvalue weighted by atomic mass is 10.0. The van der Waals surface area contributed by atoms with Crippen molar-refractivity contribution in [1.82, 2.24) is 0 Å². The molecule has 1 aliphatic rings. The number of anilines is 2. The lowest BCUT2D eigenvalue weighted by Gasteiger charge is -2.27. The molecule has 2 aromatic rings. The highest BCUT2D eigenvalue weighted by Gasteiger charge is 2.30. The minimum atomic E-state index is -0.779. The number of para-hydroxylation sites is 2. The number of aryl methyl sites for hydroxylation is 1. The van der Waals surface area contributed by atoms with Crippen molar-refractivity contribution >= 4 is 29.2 Å². The van der Waals surface area contributed by atoms with Crippen molar-refractivity contribution in [2.24, 2.45) is 0 Å². The van der Waals surface area contributed by atoms with Crippen LogP contribution in [0.5, 0.6) is 5.75 Å². The number of fused-ring (bicyclic) bond motifs is 1. The molecule has 1 aliphatic heterocycles. The molecule has 7 nitrogen and oxygen atoms in total. The minimum Gasteiger partial charge on any atom is -0.507 e. The highest BCUT2D eigenvalue weighted by Crippen LogP contribution is 2.31. The summed E-state index contributed by atoms with van der Waals surface area (Å²) in [5.74, 6) is -1.57. The number of benzene rings is 2. The minimum absolute atomic E-state index is 0.0112. The summed E-state index contributed by atoms with van der Waals surface area (Å²) in [6.45, 7) is 4.78. The zero-order valence-corrected chi connectivity index (χ0v) is 16.0. The van der Waals surface area contributed by atoms with Crippen molar-refractivity contribution in [3.8, 4) is 5.75 Å². The molecule has 0 aromatic heterocycles. The third-order valence-electron chi connectivity index (χ3n) is 4.88. The second-order valence-corrected chi connectivity index (χ2v) is 6.86. The molecular formula is C21H22N2O5. The number of carbonyl (C=O) groups is 3. The van der Waals surface area contributed by atoms with Gasteiger partial charge < -0.3 is 20.1 Å². The van der Waals surface area contributed by atoms with Crippen LogP contribution in [0.3, 0.4) is 0 Å². The molecule has 0 unspecified atom stereocenters. The maximum atomic E-state index is 12.8. The highest BCUT2D eigenvalue weighted by molar-refractivity contribution is 6.05. The summed E-state index contributed by atoms with van der Waals surface area (Å²) in [4.78, 5) is 38.6. The van der Waals surface area contributed by atoms with E-state index < -0.39 is 24.5 Å². The summed E-state index contributed by atoms with van der Waals surface area (Å²) in [5, 5.41) is 12.9. The van der Waals surface area contributed by atoms with E-state index in [1.165, 1.54) is 11.0 Å². The Bertz CT molecular complexity index is 954. The summed E-state index contributed by atoms with van der Waals surface area (Å²) in [7, 11) is 0. The Morgan fingerprint density at radius 3 is 2.68 bits per heavy atom. The fourth-order valence-electron chi connectivity index (χ4n) is 3.21. The first-order valence-electron chi connectivity index (χ1n) is 8.96. The number of nitrogens with one attached hydrogen (secondary N) is 1. The molecule has 2 N–H and O–H groups in total. The predicted octanol–water partition coefficient (Wildman–Crippen LogP) is 2.93. The van der Waals surface area contributed by atoms with Crippen LogP contribution in [0.25, 0.3) is 0 Å². The van der Waals surface area contributed by atoms with Crippen LogP contribution >= 0.6 is 0 Å². The summed E-state index contributed by atoms with van der Waals surface area (Å²) < 4.78 is 5.15. The van der Waals surface area contributed by atoms with Crippen LogP contribution < -0.4 is 10.2 Å². The SMILES string of the molecule is Cc1ccc(C(=O)OCC(=O)N2c3ccccc3NC(=O)C[C@@H]2C)c(O)c1C. The van der Waals surface area contributed by atoms with E-state index in [2.05, 4.69) is 5.32 Å². The molecule has 2 amide bonds. The van der Waals surface area contributed by atoms with Crippen molar-refractivity contribution in [2.75, 3.05) is 16.8 Å². The number of esters is 1. The molecule has 0 aliphatic carbocycles. The van der Waals surface area contributed by atoms with E-state index in [9.17, 15) is 19.5 Å². The molecule has 0 radical (unpaired) electrons. The molecule has 1 atom stereocenters. The molecule has 0 fully saturated rings. The smallest absolute Gasteiger partial charge is 0.342 e. The van der Waals surface area contributed by atoms with Gasteiger partial charge in [-0.25, -0.2) is 4.79 Å². The number of carbonyl (C=O) groups excluding carboxylic acids is 3. The van der Waals surface area contributed by atoms with Gasteiger partial charge in [0.1, 0.15) is 11.3 Å². The lowest BCUT2D eigenvalue weighted by Crippen LogP contribution is -2.41. The van der Waals surface area contributed by atoms with Crippen LogP contribution in [0.15, 0.2) is 36.4 Å². The Kier molecular flexibility index (Phi) is 5.35. The maximum absolute atomic E-state index is 12.8. The zero-order chi connectivity index (χ0) is 20.4. The van der Waals surface area contributed by atoms with Gasteiger partial charge in [-0.2, -0.15) is 0 Å². The van der Waals surface area contributed by atoms with Gasteiger partial charge in [0, 0.05) is 12.5 Å². The number of amides is 2. The van der Waals surface area contributed by atoms with Gasteiger partial charge >= 0.3 is 5.97 Å². The van der Waals surface area contributed by atoms with Gasteiger partial charge in [0.05, 0.1) is 11.4 Å². The average molecular weight is 382 g/mol. The third-order valence-corrected chi connectivity index (χ3v) is 4.88. The second kappa shape index (κ2) is 7.72. The van der Waals surface area contributed by atoms with E-state index in [-0.39, 0.29) is 23.6 Å². The Hall–Kier alpha value is -3.35. The number of hydrogen-bond acceptors (Lipinski definition) is 5. The van der Waals surface area contributed by atoms with Crippen molar-refractivity contribution in [3.05, 3.63) is 53.1 Å². The van der Waals surface area contributed by atoms with Crippen LogP contribution in [-0.2, 0) is 14.3 Å². The largest absolute Gasteiger partial charge is 0.507 e. The lowest BCUT2D eigenvalue weighted by molar-refractivity contribution is -0.122. The van der Waals surface area contributed by atoms with Gasteiger partial charge in [-0.1, -0.05) is 18.2 Å². The first kappa shape index (κ1) is 19.4. The Morgan fingerprint density at radius 1 is 1.21 bits per heavy atom. The van der Waals surface area contributed by atoms with Crippen LogP contribution in [0.4, 0.5) is 11.4 Å². The van der Waals surface area contributed by atoms with Crippen molar-refractivity contribution in [2.45, 2.75) is 33.2 Å². The van der Waals surface area contributed by atoms with Crippen molar-refractivity contribution < 1.29 is 24.2 Å². The quantitative estimate of drug-likeness (QED) is 0.796. The third kappa shape index (κ3) is 3.69. The number of aromatic hydroxyl groups is 1. The molecule has 3 rings (SSSR count). The van der Waals surface area contributed by atoms with E-state index in [1.54, 1.807) is 44.2 Å². The normalized spacial score (nSPS) is 16.0. The van der Waals surface area contributed by atoms with Gasteiger partial charge in [0.25, 0.3) is 5.91 Å². The van der Waals surface area contributed by atoms with Gasteiger partial charge in [0.15, 0.2) is 6.61 Å². The van der Waals surface area contributed by atoms with Crippen molar-refractivity contribution in [1.29, 1.82) is 0 Å². The Labute approximate surface area is 162 Å². The monoisotopic (exact) mass is 382 g/mol. The summed E-state index contributed by atoms with van der Waals surface area (Å²) in [6, 6.07) is 9.75. The fourth-order valence-corrected chi connectivity index (χ4v) is 3.21. The molecule has 0 saturated carbocycles. The highest BCUT2D eigenvalue weighted by atomic mass is 16.5. The molecular weight excluding hydrogens is 360 g/mol. The summed E-state index contributed by atoms with van der Waals surface area (Å²) in [6.07, 6.45) is 0.131. The van der Waals surface area contributed by atoms with Gasteiger partial charge in [-0.3, -0.25) is 9.59 Å². The van der Waals surface area contributed by atoms with Crippen LogP contribution in [-0.4, -0.2) is 35.5 Å². The molecule has 146 valence electrons. The number of rotatable bonds is 3. The van der Waals surface area contributed by atoms with Crippen LogP contribution in [0, 0.1) is 13.8 Å². The first-order chi connectivity index (χ1) is 13.3. The maximum Gasteiger partial charge on any atom is 0.342 e. The number of ether oxygens (including phenoxy) is 1. The van der Waals surface area contributed by atoms with Gasteiger partial charge in [0.2, 0.25) is 5.91 Å². The molecule has 28 heavy (non-hydrogen) atoms. The standard InChI is InChI=1S/C21H22N2O5/c1-12-8-9-15(20(26)14(12)3)21(27)28-11-19(25)23-13(2)10-18(24)22-16-6-4-5-7-17(16)23/h4-9,13,26H,10-11H2,1-3H3,(H,22,24)/t13-/m0/s1. The summed E-state index contributed by atoms with van der Waals surface area (Å²) >= 11 is 0. The molecule has 7 heteroatoms.